The summed E-state index contributed by atoms with van der Waals surface area (Å²) in [4.78, 5) is 11.0. The Labute approximate surface area is 103 Å². The fourth-order valence-electron chi connectivity index (χ4n) is 0.972. The van der Waals surface area contributed by atoms with Gasteiger partial charge >= 0.3 is 5.97 Å². The second-order valence-electron chi connectivity index (χ2n) is 3.02. The summed E-state index contributed by atoms with van der Waals surface area (Å²) in [6.07, 6.45) is 0. The zero-order chi connectivity index (χ0) is 12.1. The van der Waals surface area contributed by atoms with Crippen LogP contribution < -0.4 is 10.5 Å². The molecular weight excluding hydrogens is 253 g/mol. The van der Waals surface area contributed by atoms with Crippen LogP contribution in [0.15, 0.2) is 18.2 Å². The van der Waals surface area contributed by atoms with E-state index in [4.69, 9.17) is 33.7 Å². The van der Waals surface area contributed by atoms with Crippen molar-refractivity contribution >= 4 is 29.2 Å². The van der Waals surface area contributed by atoms with Crippen LogP contribution in [0.4, 0.5) is 0 Å². The van der Waals surface area contributed by atoms with Gasteiger partial charge in [-0.05, 0) is 12.1 Å². The van der Waals surface area contributed by atoms with E-state index in [1.165, 1.54) is 7.11 Å². The number of esters is 1. The Balaban J connectivity index is 2.55. The van der Waals surface area contributed by atoms with Crippen LogP contribution in [0.2, 0.25) is 10.0 Å². The van der Waals surface area contributed by atoms with E-state index in [1.54, 1.807) is 18.2 Å². The highest BCUT2D eigenvalue weighted by Gasteiger charge is 2.14. The zero-order valence-corrected chi connectivity index (χ0v) is 10.1. The average Bonchev–Trinajstić information content (AvgIpc) is 2.29. The van der Waals surface area contributed by atoms with E-state index in [9.17, 15) is 4.79 Å². The molecular formula is C10H11Cl2NO3. The van der Waals surface area contributed by atoms with Crippen LogP contribution in [-0.2, 0) is 9.53 Å². The molecule has 1 rings (SSSR count). The molecule has 2 N–H and O–H groups in total. The first kappa shape index (κ1) is 13.1. The molecule has 0 amide bonds. The molecule has 4 nitrogen and oxygen atoms in total. The predicted octanol–water partition coefficient (Wildman–Crippen LogP) is 1.87. The fourth-order valence-corrected chi connectivity index (χ4v) is 1.26. The van der Waals surface area contributed by atoms with E-state index >= 15 is 0 Å². The molecule has 6 heteroatoms. The fraction of sp³-hybridized carbons (Fsp3) is 0.300. The zero-order valence-electron chi connectivity index (χ0n) is 8.57. The molecule has 0 radical (unpaired) electrons. The van der Waals surface area contributed by atoms with Gasteiger partial charge in [0.05, 0.1) is 17.2 Å². The van der Waals surface area contributed by atoms with Crippen molar-refractivity contribution < 1.29 is 14.3 Å². The molecule has 1 aromatic rings. The van der Waals surface area contributed by atoms with E-state index < -0.39 is 12.0 Å². The van der Waals surface area contributed by atoms with Gasteiger partial charge in [0.15, 0.2) is 0 Å². The minimum absolute atomic E-state index is 0.0185. The Morgan fingerprint density at radius 3 is 2.69 bits per heavy atom. The van der Waals surface area contributed by atoms with Crippen LogP contribution in [0.25, 0.3) is 0 Å². The Kier molecular flexibility index (Phi) is 4.86. The first-order chi connectivity index (χ1) is 7.54. The van der Waals surface area contributed by atoms with Gasteiger partial charge in [-0.15, -0.1) is 0 Å². The topological polar surface area (TPSA) is 61.5 Å². The summed E-state index contributed by atoms with van der Waals surface area (Å²) in [6, 6.07) is 3.97. The van der Waals surface area contributed by atoms with Gasteiger partial charge in [-0.25, -0.2) is 0 Å². The molecule has 88 valence electrons. The lowest BCUT2D eigenvalue weighted by Gasteiger charge is -2.11. The Morgan fingerprint density at radius 1 is 1.44 bits per heavy atom. The van der Waals surface area contributed by atoms with E-state index in [-0.39, 0.29) is 6.61 Å². The minimum Gasteiger partial charge on any atom is -0.491 e. The number of carbonyl (C=O) groups is 1. The highest BCUT2D eigenvalue weighted by atomic mass is 35.5. The van der Waals surface area contributed by atoms with Crippen LogP contribution in [0, 0.1) is 0 Å². The molecule has 0 heterocycles. The number of hydrogen-bond acceptors (Lipinski definition) is 4. The van der Waals surface area contributed by atoms with Crippen molar-refractivity contribution in [3.63, 3.8) is 0 Å². The molecule has 0 saturated carbocycles. The maximum atomic E-state index is 11.0. The van der Waals surface area contributed by atoms with E-state index in [0.29, 0.717) is 15.8 Å². The molecule has 0 fully saturated rings. The molecule has 0 bridgehead atoms. The maximum Gasteiger partial charge on any atom is 0.326 e. The standard InChI is InChI=1S/C10H11Cl2NO3/c1-15-10(14)9(13)5-16-6-2-3-7(11)8(12)4-6/h2-4,9H,5,13H2,1H3. The number of carbonyl (C=O) groups excluding carboxylic acids is 1. The van der Waals surface area contributed by atoms with Crippen molar-refractivity contribution in [1.29, 1.82) is 0 Å². The van der Waals surface area contributed by atoms with Crippen molar-refractivity contribution in [2.24, 2.45) is 5.73 Å². The average molecular weight is 264 g/mol. The number of halogens is 2. The van der Waals surface area contributed by atoms with Crippen LogP contribution in [0.3, 0.4) is 0 Å². The van der Waals surface area contributed by atoms with Gasteiger partial charge in [-0.3, -0.25) is 4.79 Å². The maximum absolute atomic E-state index is 11.0. The largest absolute Gasteiger partial charge is 0.491 e. The molecule has 0 spiro atoms. The van der Waals surface area contributed by atoms with Gasteiger partial charge < -0.3 is 15.2 Å². The molecule has 16 heavy (non-hydrogen) atoms. The quantitative estimate of drug-likeness (QED) is 0.843. The van der Waals surface area contributed by atoms with Crippen molar-refractivity contribution in [3.8, 4) is 5.75 Å². The highest BCUT2D eigenvalue weighted by molar-refractivity contribution is 6.42. The van der Waals surface area contributed by atoms with Gasteiger partial charge in [0.25, 0.3) is 0 Å². The Morgan fingerprint density at radius 2 is 2.12 bits per heavy atom. The molecule has 0 aliphatic carbocycles. The summed E-state index contributed by atoms with van der Waals surface area (Å²) < 4.78 is 9.71. The molecule has 1 unspecified atom stereocenters. The summed E-state index contributed by atoms with van der Waals surface area (Å²) in [7, 11) is 1.27. The van der Waals surface area contributed by atoms with Gasteiger partial charge in [0.1, 0.15) is 18.4 Å². The summed E-state index contributed by atoms with van der Waals surface area (Å²) in [5.74, 6) is -0.0335. The smallest absolute Gasteiger partial charge is 0.326 e. The molecule has 0 aliphatic heterocycles. The minimum atomic E-state index is -0.820. The normalized spacial score (nSPS) is 12.0. The summed E-state index contributed by atoms with van der Waals surface area (Å²) in [5.41, 5.74) is 5.48. The van der Waals surface area contributed by atoms with Gasteiger partial charge in [0, 0.05) is 6.07 Å². The van der Waals surface area contributed by atoms with Crippen LogP contribution in [-0.4, -0.2) is 25.7 Å². The molecule has 0 saturated heterocycles. The van der Waals surface area contributed by atoms with Crippen molar-refractivity contribution in [3.05, 3.63) is 28.2 Å². The number of nitrogens with two attached hydrogens (primary N) is 1. The highest BCUT2D eigenvalue weighted by Crippen LogP contribution is 2.26. The SMILES string of the molecule is COC(=O)C(N)COc1ccc(Cl)c(Cl)c1. The number of methoxy groups -OCH3 is 1. The molecule has 0 aromatic heterocycles. The lowest BCUT2D eigenvalue weighted by atomic mass is 10.3. The predicted molar refractivity (Wildman–Crippen MR) is 61.9 cm³/mol. The van der Waals surface area contributed by atoms with Crippen LogP contribution >= 0.6 is 23.2 Å². The first-order valence-corrected chi connectivity index (χ1v) is 5.21. The first-order valence-electron chi connectivity index (χ1n) is 4.46. The summed E-state index contributed by atoms with van der Waals surface area (Å²) in [5, 5.41) is 0.817. The third-order valence-electron chi connectivity index (χ3n) is 1.82. The summed E-state index contributed by atoms with van der Waals surface area (Å²) in [6.45, 7) is 0.0185. The van der Waals surface area contributed by atoms with Crippen LogP contribution in [0.1, 0.15) is 0 Å². The third kappa shape index (κ3) is 3.56. The van der Waals surface area contributed by atoms with E-state index in [1.807, 2.05) is 0 Å². The molecule has 1 aromatic carbocycles. The second-order valence-corrected chi connectivity index (χ2v) is 3.83. The van der Waals surface area contributed by atoms with Crippen molar-refractivity contribution in [2.75, 3.05) is 13.7 Å². The van der Waals surface area contributed by atoms with Crippen molar-refractivity contribution in [1.82, 2.24) is 0 Å². The van der Waals surface area contributed by atoms with Gasteiger partial charge in [-0.1, -0.05) is 23.2 Å². The van der Waals surface area contributed by atoms with Gasteiger partial charge in [0.2, 0.25) is 0 Å². The number of benzene rings is 1. The molecule has 1 atom stereocenters. The van der Waals surface area contributed by atoms with E-state index in [0.717, 1.165) is 0 Å². The summed E-state index contributed by atoms with van der Waals surface area (Å²) >= 11 is 11.5. The second kappa shape index (κ2) is 5.94. The van der Waals surface area contributed by atoms with Crippen molar-refractivity contribution in [2.45, 2.75) is 6.04 Å². The van der Waals surface area contributed by atoms with Gasteiger partial charge in [-0.2, -0.15) is 0 Å². The lowest BCUT2D eigenvalue weighted by Crippen LogP contribution is -2.37. The Hall–Kier alpha value is -0.970. The number of ether oxygens (including phenoxy) is 2. The lowest BCUT2D eigenvalue weighted by molar-refractivity contribution is -0.142. The number of rotatable bonds is 4. The monoisotopic (exact) mass is 263 g/mol. The number of hydrogen-bond donors (Lipinski definition) is 1. The molecule has 0 aliphatic rings. The van der Waals surface area contributed by atoms with Crippen LogP contribution in [0.5, 0.6) is 5.75 Å². The van der Waals surface area contributed by atoms with E-state index in [2.05, 4.69) is 4.74 Å². The Bertz CT molecular complexity index is 384. The third-order valence-corrected chi connectivity index (χ3v) is 2.56.